The van der Waals surface area contributed by atoms with E-state index in [0.717, 1.165) is 0 Å². The van der Waals surface area contributed by atoms with E-state index in [1.807, 2.05) is 6.07 Å². The van der Waals surface area contributed by atoms with Gasteiger partial charge in [-0.3, -0.25) is 0 Å². The van der Waals surface area contributed by atoms with E-state index in [0.29, 0.717) is 17.1 Å². The first-order chi connectivity index (χ1) is 14.9. The van der Waals surface area contributed by atoms with Gasteiger partial charge in [0.1, 0.15) is 5.75 Å². The predicted octanol–water partition coefficient (Wildman–Crippen LogP) is 6.02. The van der Waals surface area contributed by atoms with Crippen LogP contribution in [-0.2, 0) is 6.42 Å². The van der Waals surface area contributed by atoms with Crippen molar-refractivity contribution in [2.75, 3.05) is 5.73 Å². The van der Waals surface area contributed by atoms with Crippen LogP contribution < -0.4 is 10.5 Å². The number of anilines is 1. The van der Waals surface area contributed by atoms with Gasteiger partial charge in [0.25, 0.3) is 0 Å². The van der Waals surface area contributed by atoms with Crippen molar-refractivity contribution in [3.8, 4) is 29.0 Å². The molecule has 0 fully saturated rings. The molecule has 0 aliphatic carbocycles. The summed E-state index contributed by atoms with van der Waals surface area (Å²) in [5, 5.41) is 17.4. The quantitative estimate of drug-likeness (QED) is 0.370. The van der Waals surface area contributed by atoms with Crippen LogP contribution in [0.4, 0.5) is 10.1 Å². The fraction of sp³-hybridized carbons (Fsp3) is 0.0455. The van der Waals surface area contributed by atoms with Crippen molar-refractivity contribution in [3.05, 3.63) is 87.5 Å². The molecule has 0 atom stereocenters. The molecule has 3 aromatic carbocycles. The van der Waals surface area contributed by atoms with Gasteiger partial charge in [-0.15, -0.1) is 10.2 Å². The molecule has 0 aliphatic heterocycles. The van der Waals surface area contributed by atoms with E-state index in [1.165, 1.54) is 30.3 Å². The molecule has 31 heavy (non-hydrogen) atoms. The molecule has 4 rings (SSSR count). The van der Waals surface area contributed by atoms with Crippen LogP contribution in [0.5, 0.6) is 11.5 Å². The number of hydrogen-bond acceptors (Lipinski definition) is 6. The SMILES string of the molecule is N#Cc1cc(Cl)cc(Oc2c(Cl)ccc(Cc3nnc(-c4ccc(N)cc4)o3)c2F)c1. The van der Waals surface area contributed by atoms with E-state index in [1.54, 1.807) is 24.3 Å². The Morgan fingerprint density at radius 1 is 1.06 bits per heavy atom. The molecular formula is C22H13Cl2FN4O2. The van der Waals surface area contributed by atoms with Gasteiger partial charge in [-0.1, -0.05) is 29.3 Å². The third-order valence-electron chi connectivity index (χ3n) is 4.32. The number of nitrogen functional groups attached to an aromatic ring is 1. The summed E-state index contributed by atoms with van der Waals surface area (Å²) in [5.41, 5.74) is 7.51. The summed E-state index contributed by atoms with van der Waals surface area (Å²) in [4.78, 5) is 0. The average Bonchev–Trinajstić information content (AvgIpc) is 3.22. The Labute approximate surface area is 186 Å². The topological polar surface area (TPSA) is 98.0 Å². The third-order valence-corrected chi connectivity index (χ3v) is 4.83. The van der Waals surface area contributed by atoms with Crippen molar-refractivity contribution in [3.63, 3.8) is 0 Å². The summed E-state index contributed by atoms with van der Waals surface area (Å²) in [7, 11) is 0. The van der Waals surface area contributed by atoms with Crippen LogP contribution in [0.15, 0.2) is 59.0 Å². The van der Waals surface area contributed by atoms with Crippen LogP contribution >= 0.6 is 23.2 Å². The fourth-order valence-electron chi connectivity index (χ4n) is 2.84. The summed E-state index contributed by atoms with van der Waals surface area (Å²) in [6.45, 7) is 0. The molecule has 4 aromatic rings. The molecule has 2 N–H and O–H groups in total. The number of halogens is 3. The molecule has 0 bridgehead atoms. The molecule has 154 valence electrons. The lowest BCUT2D eigenvalue weighted by Crippen LogP contribution is -1.98. The highest BCUT2D eigenvalue weighted by molar-refractivity contribution is 6.32. The first-order valence-corrected chi connectivity index (χ1v) is 9.72. The van der Waals surface area contributed by atoms with Gasteiger partial charge in [0, 0.05) is 21.8 Å². The number of nitrogens with zero attached hydrogens (tertiary/aromatic N) is 3. The van der Waals surface area contributed by atoms with Crippen LogP contribution in [-0.4, -0.2) is 10.2 Å². The predicted molar refractivity (Wildman–Crippen MR) is 115 cm³/mol. The second kappa shape index (κ2) is 8.64. The Kier molecular flexibility index (Phi) is 5.76. The van der Waals surface area contributed by atoms with Crippen molar-refractivity contribution in [2.45, 2.75) is 6.42 Å². The van der Waals surface area contributed by atoms with Crippen molar-refractivity contribution in [1.29, 1.82) is 5.26 Å². The minimum Gasteiger partial charge on any atom is -0.453 e. The maximum atomic E-state index is 15.2. The van der Waals surface area contributed by atoms with E-state index in [4.69, 9.17) is 43.4 Å². The Morgan fingerprint density at radius 2 is 1.84 bits per heavy atom. The zero-order valence-electron chi connectivity index (χ0n) is 15.8. The first kappa shape index (κ1) is 20.7. The van der Waals surface area contributed by atoms with Gasteiger partial charge in [-0.2, -0.15) is 5.26 Å². The zero-order chi connectivity index (χ0) is 22.0. The van der Waals surface area contributed by atoms with Crippen molar-refractivity contribution in [1.82, 2.24) is 10.2 Å². The molecule has 9 heteroatoms. The minimum atomic E-state index is -0.682. The number of aromatic nitrogens is 2. The van der Waals surface area contributed by atoms with E-state index < -0.39 is 5.82 Å². The largest absolute Gasteiger partial charge is 0.453 e. The Bertz CT molecular complexity index is 1300. The number of nitrogens with two attached hydrogens (primary N) is 1. The van der Waals surface area contributed by atoms with Crippen LogP contribution in [0.2, 0.25) is 10.0 Å². The number of benzene rings is 3. The molecule has 0 saturated carbocycles. The number of nitriles is 1. The highest BCUT2D eigenvalue weighted by Gasteiger charge is 2.18. The Morgan fingerprint density at radius 3 is 2.58 bits per heavy atom. The van der Waals surface area contributed by atoms with E-state index in [-0.39, 0.29) is 45.0 Å². The van der Waals surface area contributed by atoms with E-state index in [2.05, 4.69) is 10.2 Å². The number of ether oxygens (including phenoxy) is 1. The normalized spacial score (nSPS) is 10.6. The molecule has 0 aliphatic rings. The van der Waals surface area contributed by atoms with E-state index >= 15 is 4.39 Å². The van der Waals surface area contributed by atoms with Gasteiger partial charge < -0.3 is 14.9 Å². The van der Waals surface area contributed by atoms with Gasteiger partial charge in [0.2, 0.25) is 11.8 Å². The monoisotopic (exact) mass is 454 g/mol. The van der Waals surface area contributed by atoms with Crippen LogP contribution in [0.25, 0.3) is 11.5 Å². The lowest BCUT2D eigenvalue weighted by atomic mass is 10.1. The maximum absolute atomic E-state index is 15.2. The number of hydrogen-bond donors (Lipinski definition) is 1. The summed E-state index contributed by atoms with van der Waals surface area (Å²) >= 11 is 12.1. The summed E-state index contributed by atoms with van der Waals surface area (Å²) in [5.74, 6) is -0.176. The van der Waals surface area contributed by atoms with Crippen molar-refractivity contribution in [2.24, 2.45) is 0 Å². The molecule has 1 heterocycles. The molecule has 0 radical (unpaired) electrons. The lowest BCUT2D eigenvalue weighted by Gasteiger charge is -2.11. The maximum Gasteiger partial charge on any atom is 0.247 e. The van der Waals surface area contributed by atoms with Crippen molar-refractivity contribution < 1.29 is 13.5 Å². The lowest BCUT2D eigenvalue weighted by molar-refractivity contribution is 0.437. The van der Waals surface area contributed by atoms with Crippen molar-refractivity contribution >= 4 is 28.9 Å². The second-order valence-corrected chi connectivity index (χ2v) is 7.38. The smallest absolute Gasteiger partial charge is 0.247 e. The highest BCUT2D eigenvalue weighted by atomic mass is 35.5. The fourth-order valence-corrected chi connectivity index (χ4v) is 3.25. The Hall–Kier alpha value is -3.60. The highest BCUT2D eigenvalue weighted by Crippen LogP contribution is 2.36. The van der Waals surface area contributed by atoms with Crippen LogP contribution in [0, 0.1) is 17.1 Å². The van der Waals surface area contributed by atoms with Crippen LogP contribution in [0.1, 0.15) is 17.0 Å². The summed E-state index contributed by atoms with van der Waals surface area (Å²) in [6.07, 6.45) is 0.0281. The van der Waals surface area contributed by atoms with Gasteiger partial charge in [0.05, 0.1) is 23.1 Å². The molecule has 0 spiro atoms. The average molecular weight is 455 g/mol. The standard InChI is InChI=1S/C22H13Cl2FN4O2/c23-15-7-12(11-26)8-17(10-15)30-21-18(24)6-3-14(20(21)25)9-19-28-29-22(31-19)13-1-4-16(27)5-2-13/h1-8,10H,9,27H2. The number of rotatable bonds is 5. The molecule has 0 amide bonds. The molecule has 1 aromatic heterocycles. The first-order valence-electron chi connectivity index (χ1n) is 8.96. The van der Waals surface area contributed by atoms with Crippen LogP contribution in [0.3, 0.4) is 0 Å². The van der Waals surface area contributed by atoms with Gasteiger partial charge in [-0.25, -0.2) is 4.39 Å². The zero-order valence-corrected chi connectivity index (χ0v) is 17.3. The third kappa shape index (κ3) is 4.61. The second-order valence-electron chi connectivity index (χ2n) is 6.54. The summed E-state index contributed by atoms with van der Waals surface area (Å²) < 4.78 is 26.4. The Balaban J connectivity index is 1.60. The molecule has 6 nitrogen and oxygen atoms in total. The van der Waals surface area contributed by atoms with E-state index in [9.17, 15) is 0 Å². The molecule has 0 saturated heterocycles. The molecular weight excluding hydrogens is 442 g/mol. The minimum absolute atomic E-state index is 0.0281. The summed E-state index contributed by atoms with van der Waals surface area (Å²) in [6, 6.07) is 16.3. The van der Waals surface area contributed by atoms with Gasteiger partial charge in [-0.05, 0) is 48.5 Å². The van der Waals surface area contributed by atoms with Gasteiger partial charge in [0.15, 0.2) is 11.6 Å². The van der Waals surface area contributed by atoms with Gasteiger partial charge >= 0.3 is 0 Å². The molecule has 0 unspecified atom stereocenters.